The van der Waals surface area contributed by atoms with Gasteiger partial charge in [0, 0.05) is 18.1 Å². The second kappa shape index (κ2) is 2.88. The fourth-order valence-corrected chi connectivity index (χ4v) is 1.00. The summed E-state index contributed by atoms with van der Waals surface area (Å²) < 4.78 is 5.03. The molecule has 0 spiro atoms. The van der Waals surface area contributed by atoms with Gasteiger partial charge < -0.3 is 10.1 Å². The Morgan fingerprint density at radius 3 is 2.64 bits per heavy atom. The molecule has 3 nitrogen and oxygen atoms in total. The van der Waals surface area contributed by atoms with Gasteiger partial charge in [-0.25, -0.2) is 0 Å². The second-order valence-electron chi connectivity index (χ2n) is 2.61. The van der Waals surface area contributed by atoms with Crippen molar-refractivity contribution in [2.75, 3.05) is 18.5 Å². The smallest absolute Gasteiger partial charge is 0.0728 e. The summed E-state index contributed by atoms with van der Waals surface area (Å²) in [4.78, 5) is 3.93. The second-order valence-corrected chi connectivity index (χ2v) is 2.61. The molecule has 3 heteroatoms. The van der Waals surface area contributed by atoms with Crippen molar-refractivity contribution in [1.82, 2.24) is 4.98 Å². The third-order valence-electron chi connectivity index (χ3n) is 1.69. The van der Waals surface area contributed by atoms with E-state index in [-0.39, 0.29) is 0 Å². The molecule has 1 aliphatic heterocycles. The predicted molar refractivity (Wildman–Crippen MR) is 42.5 cm³/mol. The minimum atomic E-state index is 0.498. The van der Waals surface area contributed by atoms with E-state index in [0.29, 0.717) is 6.04 Å². The van der Waals surface area contributed by atoms with Crippen LogP contribution in [0.3, 0.4) is 0 Å². The summed E-state index contributed by atoms with van der Waals surface area (Å²) in [5.74, 6) is 0. The zero-order valence-corrected chi connectivity index (χ0v) is 6.16. The number of anilines is 1. The van der Waals surface area contributed by atoms with Gasteiger partial charge in [-0.05, 0) is 12.1 Å². The first-order valence-corrected chi connectivity index (χ1v) is 3.69. The molecule has 0 saturated carbocycles. The monoisotopic (exact) mass is 150 g/mol. The van der Waals surface area contributed by atoms with Crippen LogP contribution in [0.15, 0.2) is 24.5 Å². The number of nitrogens with one attached hydrogen (secondary N) is 1. The maximum absolute atomic E-state index is 5.03. The average Bonchev–Trinajstić information content (AvgIpc) is 1.99. The largest absolute Gasteiger partial charge is 0.378 e. The van der Waals surface area contributed by atoms with Gasteiger partial charge >= 0.3 is 0 Å². The number of ether oxygens (including phenoxy) is 1. The van der Waals surface area contributed by atoms with Crippen molar-refractivity contribution in [2.45, 2.75) is 6.04 Å². The Kier molecular flexibility index (Phi) is 1.73. The van der Waals surface area contributed by atoms with Gasteiger partial charge in [0.05, 0.1) is 19.3 Å². The molecule has 1 aromatic heterocycles. The van der Waals surface area contributed by atoms with Gasteiger partial charge in [0.15, 0.2) is 0 Å². The summed E-state index contributed by atoms with van der Waals surface area (Å²) in [6.07, 6.45) is 3.56. The summed E-state index contributed by atoms with van der Waals surface area (Å²) in [5, 5.41) is 3.31. The first kappa shape index (κ1) is 6.61. The lowest BCUT2D eigenvalue weighted by Gasteiger charge is -2.27. The van der Waals surface area contributed by atoms with E-state index in [4.69, 9.17) is 4.74 Å². The number of nitrogens with zero attached hydrogens (tertiary/aromatic N) is 1. The number of rotatable bonds is 2. The normalized spacial score (nSPS) is 17.5. The minimum Gasteiger partial charge on any atom is -0.378 e. The summed E-state index contributed by atoms with van der Waals surface area (Å²) in [5.41, 5.74) is 1.12. The fourth-order valence-electron chi connectivity index (χ4n) is 1.00. The maximum Gasteiger partial charge on any atom is 0.0728 e. The van der Waals surface area contributed by atoms with E-state index in [2.05, 4.69) is 10.3 Å². The minimum absolute atomic E-state index is 0.498. The Bertz CT molecular complexity index is 221. The molecule has 0 atom stereocenters. The fraction of sp³-hybridized carbons (Fsp3) is 0.375. The maximum atomic E-state index is 5.03. The molecule has 1 fully saturated rings. The number of pyridine rings is 1. The quantitative estimate of drug-likeness (QED) is 0.680. The highest BCUT2D eigenvalue weighted by Gasteiger charge is 2.16. The van der Waals surface area contributed by atoms with Crippen LogP contribution >= 0.6 is 0 Å². The highest BCUT2D eigenvalue weighted by molar-refractivity contribution is 5.42. The van der Waals surface area contributed by atoms with Crippen molar-refractivity contribution in [1.29, 1.82) is 0 Å². The van der Waals surface area contributed by atoms with Crippen molar-refractivity contribution >= 4 is 5.69 Å². The molecule has 1 aromatic rings. The Morgan fingerprint density at radius 1 is 1.36 bits per heavy atom. The van der Waals surface area contributed by atoms with E-state index < -0.39 is 0 Å². The Balaban J connectivity index is 1.95. The highest BCUT2D eigenvalue weighted by Crippen LogP contribution is 2.10. The summed E-state index contributed by atoms with van der Waals surface area (Å²) in [6, 6.07) is 4.41. The van der Waals surface area contributed by atoms with Crippen molar-refractivity contribution < 1.29 is 4.74 Å². The first-order valence-electron chi connectivity index (χ1n) is 3.69. The third kappa shape index (κ3) is 1.49. The van der Waals surface area contributed by atoms with Crippen molar-refractivity contribution in [3.05, 3.63) is 24.5 Å². The molecule has 2 heterocycles. The summed E-state index contributed by atoms with van der Waals surface area (Å²) >= 11 is 0. The van der Waals surface area contributed by atoms with Gasteiger partial charge in [0.2, 0.25) is 0 Å². The van der Waals surface area contributed by atoms with Crippen molar-refractivity contribution in [3.63, 3.8) is 0 Å². The molecule has 0 radical (unpaired) electrons. The zero-order valence-electron chi connectivity index (χ0n) is 6.16. The Labute approximate surface area is 65.4 Å². The molecule has 1 N–H and O–H groups in total. The van der Waals surface area contributed by atoms with Gasteiger partial charge in [-0.2, -0.15) is 0 Å². The van der Waals surface area contributed by atoms with Gasteiger partial charge in [0.1, 0.15) is 0 Å². The molecule has 0 aliphatic carbocycles. The van der Waals surface area contributed by atoms with Crippen molar-refractivity contribution in [2.24, 2.45) is 0 Å². The predicted octanol–water partition coefficient (Wildman–Crippen LogP) is 0.892. The van der Waals surface area contributed by atoms with Gasteiger partial charge in [-0.15, -0.1) is 0 Å². The summed E-state index contributed by atoms with van der Waals surface area (Å²) in [6.45, 7) is 1.64. The third-order valence-corrected chi connectivity index (χ3v) is 1.69. The van der Waals surface area contributed by atoms with Crippen LogP contribution in [-0.4, -0.2) is 24.2 Å². The lowest BCUT2D eigenvalue weighted by Crippen LogP contribution is -2.40. The molecule has 2 rings (SSSR count). The molecular weight excluding hydrogens is 140 g/mol. The van der Waals surface area contributed by atoms with Crippen LogP contribution in [-0.2, 0) is 4.74 Å². The first-order chi connectivity index (χ1) is 5.45. The van der Waals surface area contributed by atoms with E-state index in [1.165, 1.54) is 0 Å². The van der Waals surface area contributed by atoms with Gasteiger partial charge in [0.25, 0.3) is 0 Å². The van der Waals surface area contributed by atoms with Crippen LogP contribution in [0.2, 0.25) is 0 Å². The summed E-state index contributed by atoms with van der Waals surface area (Å²) in [7, 11) is 0. The zero-order chi connectivity index (χ0) is 7.52. The molecule has 1 aliphatic rings. The van der Waals surface area contributed by atoms with E-state index in [1.807, 2.05) is 12.1 Å². The highest BCUT2D eigenvalue weighted by atomic mass is 16.5. The molecule has 0 bridgehead atoms. The van der Waals surface area contributed by atoms with Crippen molar-refractivity contribution in [3.8, 4) is 0 Å². The van der Waals surface area contributed by atoms with Gasteiger partial charge in [-0.1, -0.05) is 0 Å². The molecule has 1 saturated heterocycles. The van der Waals surface area contributed by atoms with Crippen LogP contribution in [0.1, 0.15) is 0 Å². The Morgan fingerprint density at radius 2 is 2.09 bits per heavy atom. The van der Waals surface area contributed by atoms with E-state index in [9.17, 15) is 0 Å². The molecular formula is C8H10N2O. The van der Waals surface area contributed by atoms with Crippen LogP contribution in [0, 0.1) is 0 Å². The van der Waals surface area contributed by atoms with E-state index in [0.717, 1.165) is 18.9 Å². The number of hydrogen-bond acceptors (Lipinski definition) is 3. The SMILES string of the molecule is c1cc(NC2COC2)ccn1. The number of hydrogen-bond donors (Lipinski definition) is 1. The number of aromatic nitrogens is 1. The van der Waals surface area contributed by atoms with Gasteiger partial charge in [-0.3, -0.25) is 4.98 Å². The topological polar surface area (TPSA) is 34.1 Å². The van der Waals surface area contributed by atoms with Crippen LogP contribution < -0.4 is 5.32 Å². The molecule has 0 unspecified atom stereocenters. The Hall–Kier alpha value is -1.09. The van der Waals surface area contributed by atoms with E-state index in [1.54, 1.807) is 12.4 Å². The molecule has 0 amide bonds. The molecule has 11 heavy (non-hydrogen) atoms. The lowest BCUT2D eigenvalue weighted by atomic mass is 10.2. The van der Waals surface area contributed by atoms with Crippen LogP contribution in [0.5, 0.6) is 0 Å². The van der Waals surface area contributed by atoms with E-state index >= 15 is 0 Å². The van der Waals surface area contributed by atoms with Crippen LogP contribution in [0.4, 0.5) is 5.69 Å². The average molecular weight is 150 g/mol. The standard InChI is InChI=1S/C8H10N2O/c1-3-9-4-2-7(1)10-8-5-11-6-8/h1-4,8H,5-6H2,(H,9,10). The molecule has 58 valence electrons. The lowest BCUT2D eigenvalue weighted by molar-refractivity contribution is 0.0211. The van der Waals surface area contributed by atoms with Crippen LogP contribution in [0.25, 0.3) is 0 Å². The molecule has 0 aromatic carbocycles.